The van der Waals surface area contributed by atoms with Gasteiger partial charge in [0.15, 0.2) is 5.65 Å². The van der Waals surface area contributed by atoms with E-state index in [1.54, 1.807) is 12.4 Å². The van der Waals surface area contributed by atoms with E-state index in [4.69, 9.17) is 0 Å². The number of amides is 1. The third-order valence-corrected chi connectivity index (χ3v) is 5.39. The van der Waals surface area contributed by atoms with Gasteiger partial charge in [0.25, 0.3) is 5.91 Å². The summed E-state index contributed by atoms with van der Waals surface area (Å²) in [5.41, 5.74) is 1.43. The first-order valence-electron chi connectivity index (χ1n) is 8.70. The number of piperazine rings is 1. The number of fused-ring (bicyclic) bond motifs is 1. The van der Waals surface area contributed by atoms with E-state index >= 15 is 0 Å². The molecule has 1 aliphatic rings. The number of carbonyl (C=O) groups excluding carboxylic acids is 1. The van der Waals surface area contributed by atoms with Gasteiger partial charge in [-0.2, -0.15) is 9.47 Å². The Hall–Kier alpha value is -2.55. The molecule has 9 heteroatoms. The molecule has 4 heterocycles. The zero-order valence-electron chi connectivity index (χ0n) is 15.1. The largest absolute Gasteiger partial charge is 0.343 e. The zero-order chi connectivity index (χ0) is 18.3. The third kappa shape index (κ3) is 3.03. The Balaban J connectivity index is 1.47. The van der Waals surface area contributed by atoms with Crippen molar-refractivity contribution in [2.24, 2.45) is 0 Å². The van der Waals surface area contributed by atoms with Crippen LogP contribution in [0.25, 0.3) is 11.0 Å². The Kier molecular flexibility index (Phi) is 4.31. The van der Waals surface area contributed by atoms with Gasteiger partial charge in [-0.1, -0.05) is 0 Å². The topological polar surface area (TPSA) is 80.0 Å². The summed E-state index contributed by atoms with van der Waals surface area (Å²) in [6.07, 6.45) is 3.43. The molecule has 3 aromatic rings. The fourth-order valence-electron chi connectivity index (χ4n) is 3.13. The van der Waals surface area contributed by atoms with E-state index < -0.39 is 0 Å². The second-order valence-electron chi connectivity index (χ2n) is 6.72. The first kappa shape index (κ1) is 16.9. The summed E-state index contributed by atoms with van der Waals surface area (Å²) >= 11 is 1.41. The Morgan fingerprint density at radius 2 is 1.96 bits per heavy atom. The fraction of sp³-hybridized carbons (Fsp3) is 0.471. The lowest BCUT2D eigenvalue weighted by atomic mass is 10.2. The number of nitrogens with zero attached hydrogens (tertiary/aromatic N) is 7. The Bertz CT molecular complexity index is 940. The van der Waals surface area contributed by atoms with Crippen molar-refractivity contribution in [3.63, 3.8) is 0 Å². The summed E-state index contributed by atoms with van der Waals surface area (Å²) in [4.78, 5) is 25.8. The van der Waals surface area contributed by atoms with Crippen LogP contribution in [0.5, 0.6) is 0 Å². The molecular weight excluding hydrogens is 350 g/mol. The molecule has 136 valence electrons. The minimum Gasteiger partial charge on any atom is -0.343 e. The molecule has 1 saturated heterocycles. The molecule has 8 nitrogen and oxygen atoms in total. The lowest BCUT2D eigenvalue weighted by Crippen LogP contribution is -2.48. The van der Waals surface area contributed by atoms with Crippen molar-refractivity contribution in [2.75, 3.05) is 31.1 Å². The molecule has 26 heavy (non-hydrogen) atoms. The molecule has 1 fully saturated rings. The summed E-state index contributed by atoms with van der Waals surface area (Å²) in [6.45, 7) is 8.88. The van der Waals surface area contributed by atoms with Crippen molar-refractivity contribution in [1.82, 2.24) is 29.0 Å². The highest BCUT2D eigenvalue weighted by Gasteiger charge is 2.24. The minimum absolute atomic E-state index is 0.0183. The van der Waals surface area contributed by atoms with Gasteiger partial charge in [0.2, 0.25) is 5.13 Å². The summed E-state index contributed by atoms with van der Waals surface area (Å²) in [6, 6.07) is 2.12. The minimum atomic E-state index is 0.0183. The van der Waals surface area contributed by atoms with Crippen LogP contribution in [0.2, 0.25) is 0 Å². The van der Waals surface area contributed by atoms with Crippen molar-refractivity contribution >= 4 is 33.6 Å². The lowest BCUT2D eigenvalue weighted by Gasteiger charge is -2.34. The van der Waals surface area contributed by atoms with E-state index in [0.717, 1.165) is 35.1 Å². The van der Waals surface area contributed by atoms with Crippen LogP contribution in [0, 0.1) is 6.92 Å². The maximum atomic E-state index is 12.8. The van der Waals surface area contributed by atoms with E-state index in [-0.39, 0.29) is 11.9 Å². The second-order valence-corrected chi connectivity index (χ2v) is 7.45. The van der Waals surface area contributed by atoms with Crippen LogP contribution in [0.4, 0.5) is 5.13 Å². The van der Waals surface area contributed by atoms with Gasteiger partial charge in [-0.15, -0.1) is 0 Å². The summed E-state index contributed by atoms with van der Waals surface area (Å²) in [5.74, 6) is 0.814. The molecule has 1 aliphatic heterocycles. The number of aromatic nitrogens is 5. The van der Waals surface area contributed by atoms with Gasteiger partial charge in [-0.3, -0.25) is 4.79 Å². The Morgan fingerprint density at radius 3 is 2.62 bits per heavy atom. The smallest absolute Gasteiger partial charge is 0.255 e. The summed E-state index contributed by atoms with van der Waals surface area (Å²) in [7, 11) is 0. The van der Waals surface area contributed by atoms with Crippen molar-refractivity contribution < 1.29 is 4.79 Å². The number of aryl methyl sites for hydroxylation is 1. The number of anilines is 1. The first-order chi connectivity index (χ1) is 12.5. The van der Waals surface area contributed by atoms with Gasteiger partial charge in [0, 0.05) is 55.3 Å². The van der Waals surface area contributed by atoms with Crippen LogP contribution < -0.4 is 4.90 Å². The molecule has 0 N–H and O–H groups in total. The van der Waals surface area contributed by atoms with Crippen LogP contribution in [0.15, 0.2) is 18.5 Å². The average Bonchev–Trinajstić information content (AvgIpc) is 3.27. The lowest BCUT2D eigenvalue weighted by molar-refractivity contribution is 0.0746. The zero-order valence-corrected chi connectivity index (χ0v) is 15.9. The SMILES string of the molecule is Cc1nsc(N2CCN(C(=O)c3cnc4c(cnn4C(C)C)c3)CC2)n1. The van der Waals surface area contributed by atoms with E-state index in [9.17, 15) is 4.79 Å². The van der Waals surface area contributed by atoms with Gasteiger partial charge in [0.1, 0.15) is 5.82 Å². The van der Waals surface area contributed by atoms with Gasteiger partial charge >= 0.3 is 0 Å². The van der Waals surface area contributed by atoms with E-state index in [1.807, 2.05) is 22.6 Å². The number of hydrogen-bond donors (Lipinski definition) is 0. The molecule has 0 aromatic carbocycles. The maximum Gasteiger partial charge on any atom is 0.255 e. The molecule has 0 saturated carbocycles. The summed E-state index contributed by atoms with van der Waals surface area (Å²) in [5, 5.41) is 6.19. The molecule has 0 bridgehead atoms. The number of hydrogen-bond acceptors (Lipinski definition) is 7. The van der Waals surface area contributed by atoms with E-state index in [0.29, 0.717) is 18.7 Å². The van der Waals surface area contributed by atoms with Crippen molar-refractivity contribution in [1.29, 1.82) is 0 Å². The van der Waals surface area contributed by atoms with E-state index in [1.165, 1.54) is 11.5 Å². The Labute approximate surface area is 155 Å². The fourth-order valence-corrected chi connectivity index (χ4v) is 3.86. The van der Waals surface area contributed by atoms with Gasteiger partial charge in [-0.05, 0) is 26.8 Å². The first-order valence-corrected chi connectivity index (χ1v) is 9.48. The molecule has 0 aliphatic carbocycles. The Morgan fingerprint density at radius 1 is 1.19 bits per heavy atom. The molecule has 4 rings (SSSR count). The van der Waals surface area contributed by atoms with Crippen LogP contribution in [-0.4, -0.2) is 61.1 Å². The van der Waals surface area contributed by atoms with E-state index in [2.05, 4.69) is 38.2 Å². The second kappa shape index (κ2) is 6.64. The van der Waals surface area contributed by atoms with Gasteiger partial charge in [0.05, 0.1) is 11.8 Å². The van der Waals surface area contributed by atoms with Crippen LogP contribution >= 0.6 is 11.5 Å². The predicted molar refractivity (Wildman–Crippen MR) is 101 cm³/mol. The van der Waals surface area contributed by atoms with Crippen LogP contribution in [-0.2, 0) is 0 Å². The molecule has 1 amide bonds. The predicted octanol–water partition coefficient (Wildman–Crippen LogP) is 2.13. The van der Waals surface area contributed by atoms with Crippen LogP contribution in [0.3, 0.4) is 0 Å². The van der Waals surface area contributed by atoms with Crippen molar-refractivity contribution in [2.45, 2.75) is 26.8 Å². The van der Waals surface area contributed by atoms with Gasteiger partial charge in [-0.25, -0.2) is 14.6 Å². The average molecular weight is 371 g/mol. The molecular formula is C17H21N7OS. The molecule has 0 atom stereocenters. The quantitative estimate of drug-likeness (QED) is 0.702. The molecule has 0 spiro atoms. The number of carbonyl (C=O) groups is 1. The standard InChI is InChI=1S/C17H21N7OS/c1-11(2)24-15-13(10-19-24)8-14(9-18-15)16(25)22-4-6-23(7-5-22)17-20-12(3)21-26-17/h8-11H,4-7H2,1-3H3. The van der Waals surface area contributed by atoms with Crippen molar-refractivity contribution in [3.8, 4) is 0 Å². The highest BCUT2D eigenvalue weighted by atomic mass is 32.1. The number of pyridine rings is 1. The maximum absolute atomic E-state index is 12.8. The third-order valence-electron chi connectivity index (χ3n) is 4.52. The normalized spacial score (nSPS) is 15.2. The van der Waals surface area contributed by atoms with Crippen molar-refractivity contribution in [3.05, 3.63) is 29.8 Å². The van der Waals surface area contributed by atoms with Crippen LogP contribution in [0.1, 0.15) is 36.1 Å². The monoisotopic (exact) mass is 371 g/mol. The molecule has 3 aromatic heterocycles. The molecule has 0 radical (unpaired) electrons. The number of rotatable bonds is 3. The highest BCUT2D eigenvalue weighted by Crippen LogP contribution is 2.21. The summed E-state index contributed by atoms with van der Waals surface area (Å²) < 4.78 is 6.10. The highest BCUT2D eigenvalue weighted by molar-refractivity contribution is 7.09. The van der Waals surface area contributed by atoms with Gasteiger partial charge < -0.3 is 9.80 Å². The molecule has 0 unspecified atom stereocenters.